The van der Waals surface area contributed by atoms with Gasteiger partial charge in [0.25, 0.3) is 5.91 Å². The number of piperazine rings is 1. The minimum absolute atomic E-state index is 0.231. The first-order chi connectivity index (χ1) is 16.6. The van der Waals surface area contributed by atoms with Gasteiger partial charge in [-0.1, -0.05) is 48.5 Å². The van der Waals surface area contributed by atoms with Crippen LogP contribution in [0.2, 0.25) is 0 Å². The SMILES string of the molecule is Nc1c(NNC(=O)c2cccc3ccccc23)ncnc1N1CCN(c2ccccc2F)CC1. The fourth-order valence-electron chi connectivity index (χ4n) is 4.21. The topological polar surface area (TPSA) is 99.4 Å². The average Bonchev–Trinajstić information content (AvgIpc) is 2.88. The van der Waals surface area contributed by atoms with E-state index in [0.29, 0.717) is 54.8 Å². The number of carbonyl (C=O) groups is 1. The van der Waals surface area contributed by atoms with Gasteiger partial charge < -0.3 is 15.5 Å². The van der Waals surface area contributed by atoms with Gasteiger partial charge in [0.1, 0.15) is 17.8 Å². The molecular weight excluding hydrogens is 433 g/mol. The number of para-hydroxylation sites is 1. The molecule has 34 heavy (non-hydrogen) atoms. The molecule has 0 atom stereocenters. The third-order valence-electron chi connectivity index (χ3n) is 5.96. The molecule has 1 aromatic heterocycles. The van der Waals surface area contributed by atoms with Gasteiger partial charge in [0.2, 0.25) is 0 Å². The lowest BCUT2D eigenvalue weighted by Crippen LogP contribution is -2.47. The number of fused-ring (bicyclic) bond motifs is 1. The number of halogens is 1. The first-order valence-electron chi connectivity index (χ1n) is 11.0. The van der Waals surface area contributed by atoms with Crippen LogP contribution in [-0.4, -0.2) is 42.1 Å². The van der Waals surface area contributed by atoms with E-state index in [4.69, 9.17) is 5.73 Å². The predicted molar refractivity (Wildman–Crippen MR) is 132 cm³/mol. The summed E-state index contributed by atoms with van der Waals surface area (Å²) in [5.41, 5.74) is 13.3. The summed E-state index contributed by atoms with van der Waals surface area (Å²) in [4.78, 5) is 25.4. The molecule has 0 unspecified atom stereocenters. The fraction of sp³-hybridized carbons (Fsp3) is 0.160. The van der Waals surface area contributed by atoms with Crippen molar-refractivity contribution in [1.82, 2.24) is 15.4 Å². The standard InChI is InChI=1S/C25H24FN7O/c26-20-10-3-4-11-21(20)32-12-14-33(15-13-32)24-22(27)23(28-16-29-24)30-31-25(34)19-9-5-7-17-6-1-2-8-18(17)19/h1-11,16H,12-15,27H2,(H,31,34)(H,28,29,30). The first kappa shape index (κ1) is 21.4. The van der Waals surface area contributed by atoms with Gasteiger partial charge in [-0.3, -0.25) is 15.6 Å². The number of nitrogens with two attached hydrogens (primary N) is 1. The van der Waals surface area contributed by atoms with Gasteiger partial charge in [-0.05, 0) is 29.0 Å². The summed E-state index contributed by atoms with van der Waals surface area (Å²) in [6, 6.07) is 20.0. The highest BCUT2D eigenvalue weighted by atomic mass is 19.1. The normalized spacial score (nSPS) is 13.7. The smallest absolute Gasteiger partial charge is 0.270 e. The van der Waals surface area contributed by atoms with Crippen LogP contribution in [0.25, 0.3) is 10.8 Å². The molecule has 172 valence electrons. The summed E-state index contributed by atoms with van der Waals surface area (Å²) in [6.45, 7) is 2.50. The Morgan fingerprint density at radius 2 is 1.59 bits per heavy atom. The molecule has 2 heterocycles. The Morgan fingerprint density at radius 1 is 0.882 bits per heavy atom. The van der Waals surface area contributed by atoms with Crippen LogP contribution in [-0.2, 0) is 0 Å². The number of hydrogen-bond acceptors (Lipinski definition) is 7. The second-order valence-electron chi connectivity index (χ2n) is 7.99. The van der Waals surface area contributed by atoms with E-state index in [2.05, 4.69) is 20.8 Å². The van der Waals surface area contributed by atoms with E-state index in [1.165, 1.54) is 12.4 Å². The highest BCUT2D eigenvalue weighted by Crippen LogP contribution is 2.28. The molecule has 8 nitrogen and oxygen atoms in total. The van der Waals surface area contributed by atoms with Crippen molar-refractivity contribution in [1.29, 1.82) is 0 Å². The Bertz CT molecular complexity index is 1330. The van der Waals surface area contributed by atoms with E-state index in [9.17, 15) is 9.18 Å². The van der Waals surface area contributed by atoms with Crippen LogP contribution >= 0.6 is 0 Å². The zero-order chi connectivity index (χ0) is 23.5. The monoisotopic (exact) mass is 457 g/mol. The van der Waals surface area contributed by atoms with Crippen molar-refractivity contribution in [2.45, 2.75) is 0 Å². The molecule has 0 radical (unpaired) electrons. The molecule has 1 fully saturated rings. The molecule has 0 spiro atoms. The average molecular weight is 458 g/mol. The van der Waals surface area contributed by atoms with E-state index < -0.39 is 0 Å². The van der Waals surface area contributed by atoms with Gasteiger partial charge in [0, 0.05) is 31.7 Å². The lowest BCUT2D eigenvalue weighted by atomic mass is 10.0. The van der Waals surface area contributed by atoms with Gasteiger partial charge >= 0.3 is 0 Å². The number of nitrogens with zero attached hydrogens (tertiary/aromatic N) is 4. The van der Waals surface area contributed by atoms with Crippen LogP contribution < -0.4 is 26.4 Å². The highest BCUT2D eigenvalue weighted by Gasteiger charge is 2.23. The Labute approximate surface area is 196 Å². The molecular formula is C25H24FN7O. The number of hydrazine groups is 1. The highest BCUT2D eigenvalue weighted by molar-refractivity contribution is 6.07. The molecule has 1 aliphatic rings. The van der Waals surface area contributed by atoms with Crippen molar-refractivity contribution in [3.8, 4) is 0 Å². The maximum absolute atomic E-state index is 14.1. The van der Waals surface area contributed by atoms with E-state index >= 15 is 0 Å². The number of nitrogen functional groups attached to an aromatic ring is 1. The van der Waals surface area contributed by atoms with Crippen molar-refractivity contribution >= 4 is 39.7 Å². The number of benzene rings is 3. The third kappa shape index (κ3) is 4.15. The van der Waals surface area contributed by atoms with Gasteiger partial charge in [0.05, 0.1) is 5.69 Å². The van der Waals surface area contributed by atoms with Gasteiger partial charge in [0.15, 0.2) is 11.6 Å². The summed E-state index contributed by atoms with van der Waals surface area (Å²) >= 11 is 0. The summed E-state index contributed by atoms with van der Waals surface area (Å²) in [7, 11) is 0. The van der Waals surface area contributed by atoms with Crippen LogP contribution in [0.3, 0.4) is 0 Å². The number of amides is 1. The van der Waals surface area contributed by atoms with Crippen molar-refractivity contribution in [3.63, 3.8) is 0 Å². The molecule has 1 amide bonds. The minimum Gasteiger partial charge on any atom is -0.393 e. The van der Waals surface area contributed by atoms with Crippen LogP contribution in [0.1, 0.15) is 10.4 Å². The second kappa shape index (κ2) is 9.22. The summed E-state index contributed by atoms with van der Waals surface area (Å²) in [5, 5.41) is 1.84. The Balaban J connectivity index is 1.27. The summed E-state index contributed by atoms with van der Waals surface area (Å²) < 4.78 is 14.1. The van der Waals surface area contributed by atoms with E-state index in [1.54, 1.807) is 18.2 Å². The van der Waals surface area contributed by atoms with Gasteiger partial charge in [-0.25, -0.2) is 14.4 Å². The molecule has 4 aromatic rings. The molecule has 0 aliphatic carbocycles. The molecule has 4 N–H and O–H groups in total. The van der Waals surface area contributed by atoms with Gasteiger partial charge in [-0.15, -0.1) is 0 Å². The Kier molecular flexibility index (Phi) is 5.82. The molecule has 0 bridgehead atoms. The lowest BCUT2D eigenvalue weighted by Gasteiger charge is -2.37. The number of hydrogen-bond donors (Lipinski definition) is 3. The van der Waals surface area contributed by atoms with Crippen molar-refractivity contribution in [3.05, 3.63) is 84.4 Å². The van der Waals surface area contributed by atoms with Crippen molar-refractivity contribution in [2.75, 3.05) is 47.1 Å². The first-order valence-corrected chi connectivity index (χ1v) is 11.0. The third-order valence-corrected chi connectivity index (χ3v) is 5.96. The maximum Gasteiger partial charge on any atom is 0.270 e. The van der Waals surface area contributed by atoms with E-state index in [-0.39, 0.29) is 11.7 Å². The Morgan fingerprint density at radius 3 is 2.41 bits per heavy atom. The molecule has 3 aromatic carbocycles. The van der Waals surface area contributed by atoms with Crippen LogP contribution in [0.5, 0.6) is 0 Å². The molecule has 1 aliphatic heterocycles. The largest absolute Gasteiger partial charge is 0.393 e. The van der Waals surface area contributed by atoms with E-state index in [0.717, 1.165) is 10.8 Å². The zero-order valence-corrected chi connectivity index (χ0v) is 18.4. The number of nitrogens with one attached hydrogen (secondary N) is 2. The molecule has 0 saturated carbocycles. The van der Waals surface area contributed by atoms with Crippen molar-refractivity contribution in [2.24, 2.45) is 0 Å². The van der Waals surface area contributed by atoms with Crippen LogP contribution in [0.4, 0.5) is 27.4 Å². The van der Waals surface area contributed by atoms with Gasteiger partial charge in [-0.2, -0.15) is 0 Å². The van der Waals surface area contributed by atoms with Crippen LogP contribution in [0, 0.1) is 5.82 Å². The Hall–Kier alpha value is -4.40. The summed E-state index contributed by atoms with van der Waals surface area (Å²) in [5.74, 6) is 0.362. The number of carbonyl (C=O) groups excluding carboxylic acids is 1. The fourth-order valence-corrected chi connectivity index (χ4v) is 4.21. The molecule has 5 rings (SSSR count). The number of rotatable bonds is 5. The molecule has 1 saturated heterocycles. The second-order valence-corrected chi connectivity index (χ2v) is 7.99. The quantitative estimate of drug-likeness (QED) is 0.395. The van der Waals surface area contributed by atoms with Crippen LogP contribution in [0.15, 0.2) is 73.1 Å². The number of anilines is 4. The molecule has 9 heteroatoms. The van der Waals surface area contributed by atoms with Crippen molar-refractivity contribution < 1.29 is 9.18 Å². The number of aromatic nitrogens is 2. The van der Waals surface area contributed by atoms with E-state index in [1.807, 2.05) is 52.3 Å². The predicted octanol–water partition coefficient (Wildman–Crippen LogP) is 3.43. The minimum atomic E-state index is -0.296. The summed E-state index contributed by atoms with van der Waals surface area (Å²) in [6.07, 6.45) is 1.40. The zero-order valence-electron chi connectivity index (χ0n) is 18.4. The maximum atomic E-state index is 14.1. The lowest BCUT2D eigenvalue weighted by molar-refractivity contribution is 0.0964.